The molecule has 2 heterocycles. The standard InChI is InChI=1S/C19H26FN3O3/c1-19(12-26-13-19)11-22(2)17(24)9-16-18(25)21-7-8-23(16)10-14-5-3-4-6-15(14)20/h3-6,16H,7-13H2,1-2H3,(H,21,25). The molecule has 0 aromatic heterocycles. The zero-order chi connectivity index (χ0) is 18.7. The third-order valence-electron chi connectivity index (χ3n) is 5.09. The minimum atomic E-state index is -0.580. The van der Waals surface area contributed by atoms with Gasteiger partial charge in [-0.15, -0.1) is 0 Å². The summed E-state index contributed by atoms with van der Waals surface area (Å²) in [6, 6.07) is 5.96. The third-order valence-corrected chi connectivity index (χ3v) is 5.09. The highest BCUT2D eigenvalue weighted by Crippen LogP contribution is 2.27. The molecule has 2 fully saturated rings. The number of ether oxygens (including phenoxy) is 1. The molecule has 2 amide bonds. The molecule has 6 nitrogen and oxygen atoms in total. The first-order valence-corrected chi connectivity index (χ1v) is 8.95. The quantitative estimate of drug-likeness (QED) is 0.820. The molecule has 1 unspecified atom stereocenters. The number of amides is 2. The predicted octanol–water partition coefficient (Wildman–Crippen LogP) is 1.01. The average Bonchev–Trinajstić information content (AvgIpc) is 2.58. The summed E-state index contributed by atoms with van der Waals surface area (Å²) in [6.07, 6.45) is 0.0910. The van der Waals surface area contributed by atoms with Crippen LogP contribution < -0.4 is 5.32 Å². The topological polar surface area (TPSA) is 61.9 Å². The second-order valence-electron chi connectivity index (χ2n) is 7.63. The fraction of sp³-hybridized carbons (Fsp3) is 0.579. The van der Waals surface area contributed by atoms with Crippen molar-refractivity contribution in [1.82, 2.24) is 15.1 Å². The molecule has 1 aromatic rings. The van der Waals surface area contributed by atoms with Gasteiger partial charge in [-0.3, -0.25) is 14.5 Å². The molecule has 26 heavy (non-hydrogen) atoms. The Kier molecular flexibility index (Phi) is 5.58. The number of nitrogens with zero attached hydrogens (tertiary/aromatic N) is 2. The van der Waals surface area contributed by atoms with Crippen molar-refractivity contribution in [3.05, 3.63) is 35.6 Å². The molecule has 1 atom stereocenters. The van der Waals surface area contributed by atoms with E-state index in [9.17, 15) is 14.0 Å². The van der Waals surface area contributed by atoms with Crippen molar-refractivity contribution in [1.29, 1.82) is 0 Å². The first-order valence-electron chi connectivity index (χ1n) is 8.95. The Morgan fingerprint density at radius 2 is 2.15 bits per heavy atom. The highest BCUT2D eigenvalue weighted by atomic mass is 19.1. The van der Waals surface area contributed by atoms with E-state index >= 15 is 0 Å². The van der Waals surface area contributed by atoms with Crippen LogP contribution in [0, 0.1) is 11.2 Å². The molecular formula is C19H26FN3O3. The van der Waals surface area contributed by atoms with Crippen molar-refractivity contribution in [3.8, 4) is 0 Å². The van der Waals surface area contributed by atoms with Crippen molar-refractivity contribution in [2.24, 2.45) is 5.41 Å². The van der Waals surface area contributed by atoms with E-state index in [0.717, 1.165) is 0 Å². The summed E-state index contributed by atoms with van der Waals surface area (Å²) in [5.41, 5.74) is 0.527. The van der Waals surface area contributed by atoms with Crippen molar-refractivity contribution < 1.29 is 18.7 Å². The number of halogens is 1. The lowest BCUT2D eigenvalue weighted by Gasteiger charge is -2.41. The molecule has 0 aliphatic carbocycles. The molecular weight excluding hydrogens is 337 g/mol. The first-order chi connectivity index (χ1) is 12.4. The lowest BCUT2D eigenvalue weighted by molar-refractivity contribution is -0.146. The van der Waals surface area contributed by atoms with Gasteiger partial charge in [0, 0.05) is 44.2 Å². The van der Waals surface area contributed by atoms with Gasteiger partial charge in [0.05, 0.1) is 25.7 Å². The van der Waals surface area contributed by atoms with Crippen LogP contribution in [0.25, 0.3) is 0 Å². The van der Waals surface area contributed by atoms with Crippen LogP contribution in [0.2, 0.25) is 0 Å². The summed E-state index contributed by atoms with van der Waals surface area (Å²) in [7, 11) is 1.76. The van der Waals surface area contributed by atoms with E-state index in [1.165, 1.54) is 6.07 Å². The third kappa shape index (κ3) is 4.22. The minimum Gasteiger partial charge on any atom is -0.380 e. The molecule has 142 valence electrons. The van der Waals surface area contributed by atoms with Gasteiger partial charge < -0.3 is 15.0 Å². The van der Waals surface area contributed by atoms with E-state index < -0.39 is 6.04 Å². The molecule has 2 saturated heterocycles. The molecule has 1 N–H and O–H groups in total. The van der Waals surface area contributed by atoms with Crippen molar-refractivity contribution >= 4 is 11.8 Å². The van der Waals surface area contributed by atoms with Crippen molar-refractivity contribution in [3.63, 3.8) is 0 Å². The number of hydrogen-bond donors (Lipinski definition) is 1. The number of piperazine rings is 1. The normalized spacial score (nSPS) is 22.4. The first kappa shape index (κ1) is 18.8. The smallest absolute Gasteiger partial charge is 0.237 e. The Bertz CT molecular complexity index is 678. The Hall–Kier alpha value is -1.99. The van der Waals surface area contributed by atoms with Gasteiger partial charge in [0.15, 0.2) is 0 Å². The number of carbonyl (C=O) groups is 2. The molecule has 0 spiro atoms. The summed E-state index contributed by atoms with van der Waals surface area (Å²) in [4.78, 5) is 28.6. The zero-order valence-corrected chi connectivity index (χ0v) is 15.3. The van der Waals surface area contributed by atoms with Gasteiger partial charge in [0.1, 0.15) is 5.82 Å². The van der Waals surface area contributed by atoms with Gasteiger partial charge in [0.25, 0.3) is 0 Å². The van der Waals surface area contributed by atoms with Crippen LogP contribution in [0.5, 0.6) is 0 Å². The molecule has 2 aliphatic heterocycles. The molecule has 0 radical (unpaired) electrons. The van der Waals surface area contributed by atoms with Crippen molar-refractivity contribution in [2.75, 3.05) is 39.9 Å². The number of hydrogen-bond acceptors (Lipinski definition) is 4. The zero-order valence-electron chi connectivity index (χ0n) is 15.3. The Labute approximate surface area is 153 Å². The van der Waals surface area contributed by atoms with Gasteiger partial charge in [-0.25, -0.2) is 4.39 Å². The lowest BCUT2D eigenvalue weighted by atomic mass is 9.88. The largest absolute Gasteiger partial charge is 0.380 e. The summed E-state index contributed by atoms with van der Waals surface area (Å²) in [5, 5.41) is 2.81. The highest BCUT2D eigenvalue weighted by molar-refractivity contribution is 5.88. The number of carbonyl (C=O) groups excluding carboxylic acids is 2. The molecule has 0 saturated carbocycles. The molecule has 0 bridgehead atoms. The SMILES string of the molecule is CN(CC1(C)COC1)C(=O)CC1C(=O)NCCN1Cc1ccccc1F. The van der Waals surface area contributed by atoms with Crippen LogP contribution in [0.15, 0.2) is 24.3 Å². The van der Waals surface area contributed by atoms with E-state index in [2.05, 4.69) is 12.2 Å². The number of benzene rings is 1. The molecule has 7 heteroatoms. The van der Waals surface area contributed by atoms with E-state index in [0.29, 0.717) is 45.0 Å². The van der Waals surface area contributed by atoms with Crippen LogP contribution in [-0.2, 0) is 20.9 Å². The number of nitrogens with one attached hydrogen (secondary N) is 1. The monoisotopic (exact) mass is 363 g/mol. The Morgan fingerprint density at radius 1 is 1.42 bits per heavy atom. The number of rotatable bonds is 6. The second-order valence-corrected chi connectivity index (χ2v) is 7.63. The maximum absolute atomic E-state index is 14.0. The summed E-state index contributed by atoms with van der Waals surface area (Å²) >= 11 is 0. The average molecular weight is 363 g/mol. The fourth-order valence-electron chi connectivity index (χ4n) is 3.54. The van der Waals surface area contributed by atoms with Gasteiger partial charge in [-0.2, -0.15) is 0 Å². The van der Waals surface area contributed by atoms with Gasteiger partial charge in [-0.05, 0) is 6.07 Å². The summed E-state index contributed by atoms with van der Waals surface area (Å²) < 4.78 is 19.2. The summed E-state index contributed by atoms with van der Waals surface area (Å²) in [5.74, 6) is -0.551. The van der Waals surface area contributed by atoms with Crippen LogP contribution >= 0.6 is 0 Å². The second kappa shape index (κ2) is 7.72. The van der Waals surface area contributed by atoms with E-state index in [1.54, 1.807) is 30.1 Å². The lowest BCUT2D eigenvalue weighted by Crippen LogP contribution is -2.56. The van der Waals surface area contributed by atoms with Gasteiger partial charge in [0.2, 0.25) is 11.8 Å². The molecule has 3 rings (SSSR count). The van der Waals surface area contributed by atoms with Gasteiger partial charge >= 0.3 is 0 Å². The Balaban J connectivity index is 1.65. The van der Waals surface area contributed by atoms with E-state index in [-0.39, 0.29) is 29.5 Å². The van der Waals surface area contributed by atoms with E-state index in [4.69, 9.17) is 4.74 Å². The van der Waals surface area contributed by atoms with Gasteiger partial charge in [-0.1, -0.05) is 25.1 Å². The Morgan fingerprint density at radius 3 is 2.81 bits per heavy atom. The molecule has 1 aromatic carbocycles. The minimum absolute atomic E-state index is 0.00785. The molecule has 2 aliphatic rings. The predicted molar refractivity (Wildman–Crippen MR) is 94.8 cm³/mol. The fourth-order valence-corrected chi connectivity index (χ4v) is 3.54. The van der Waals surface area contributed by atoms with Crippen LogP contribution in [0.4, 0.5) is 4.39 Å². The van der Waals surface area contributed by atoms with Crippen LogP contribution in [0.3, 0.4) is 0 Å². The van der Waals surface area contributed by atoms with Crippen LogP contribution in [-0.4, -0.2) is 67.6 Å². The van der Waals surface area contributed by atoms with E-state index in [1.807, 2.05) is 4.90 Å². The maximum atomic E-state index is 14.0. The van der Waals surface area contributed by atoms with Crippen LogP contribution in [0.1, 0.15) is 18.9 Å². The summed E-state index contributed by atoms with van der Waals surface area (Å²) in [6.45, 7) is 5.39. The van der Waals surface area contributed by atoms with Crippen molar-refractivity contribution in [2.45, 2.75) is 25.9 Å². The highest BCUT2D eigenvalue weighted by Gasteiger charge is 2.37. The maximum Gasteiger partial charge on any atom is 0.237 e.